The third-order valence-electron chi connectivity index (χ3n) is 2.15. The predicted molar refractivity (Wildman–Crippen MR) is 66.3 cm³/mol. The molecule has 0 aliphatic carbocycles. The molecule has 4 heteroatoms. The van der Waals surface area contributed by atoms with Crippen LogP contribution in [0.3, 0.4) is 0 Å². The standard InChI is InChI=1S/C12H15BrO3/c1-3-16-11-5-4-9(7-14)6-10(11)12(15)8(2)13/h4-6,8,14H,3,7H2,1-2H3. The number of rotatable bonds is 5. The van der Waals surface area contributed by atoms with E-state index in [4.69, 9.17) is 9.84 Å². The lowest BCUT2D eigenvalue weighted by Gasteiger charge is -2.11. The highest BCUT2D eigenvalue weighted by atomic mass is 79.9. The Morgan fingerprint density at radius 1 is 1.56 bits per heavy atom. The van der Waals surface area contributed by atoms with E-state index < -0.39 is 0 Å². The molecule has 0 radical (unpaired) electrons. The van der Waals surface area contributed by atoms with Gasteiger partial charge in [0.25, 0.3) is 0 Å². The first-order chi connectivity index (χ1) is 7.60. The molecule has 0 saturated carbocycles. The van der Waals surface area contributed by atoms with Crippen LogP contribution in [0.4, 0.5) is 0 Å². The normalized spacial score (nSPS) is 12.2. The van der Waals surface area contributed by atoms with Crippen molar-refractivity contribution in [1.29, 1.82) is 0 Å². The summed E-state index contributed by atoms with van der Waals surface area (Å²) in [5, 5.41) is 9.04. The van der Waals surface area contributed by atoms with Gasteiger partial charge in [-0.05, 0) is 31.5 Å². The SMILES string of the molecule is CCOc1ccc(CO)cc1C(=O)C(C)Br. The molecule has 1 N–H and O–H groups in total. The van der Waals surface area contributed by atoms with Crippen molar-refractivity contribution < 1.29 is 14.6 Å². The average molecular weight is 287 g/mol. The summed E-state index contributed by atoms with van der Waals surface area (Å²) in [6, 6.07) is 5.14. The molecule has 0 spiro atoms. The van der Waals surface area contributed by atoms with E-state index in [1.54, 1.807) is 25.1 Å². The highest BCUT2D eigenvalue weighted by Gasteiger charge is 2.17. The topological polar surface area (TPSA) is 46.5 Å². The third kappa shape index (κ3) is 3.06. The largest absolute Gasteiger partial charge is 0.493 e. The number of halogens is 1. The van der Waals surface area contributed by atoms with Crippen LogP contribution in [0.2, 0.25) is 0 Å². The van der Waals surface area contributed by atoms with Crippen molar-refractivity contribution in [2.24, 2.45) is 0 Å². The quantitative estimate of drug-likeness (QED) is 0.668. The van der Waals surface area contributed by atoms with Crippen molar-refractivity contribution in [2.75, 3.05) is 6.61 Å². The highest BCUT2D eigenvalue weighted by Crippen LogP contribution is 2.23. The van der Waals surface area contributed by atoms with Gasteiger partial charge in [0.2, 0.25) is 0 Å². The van der Waals surface area contributed by atoms with Gasteiger partial charge in [0.15, 0.2) is 5.78 Å². The lowest BCUT2D eigenvalue weighted by Crippen LogP contribution is -2.12. The number of aliphatic hydroxyl groups excluding tert-OH is 1. The number of carbonyl (C=O) groups is 1. The van der Waals surface area contributed by atoms with Crippen molar-refractivity contribution in [2.45, 2.75) is 25.3 Å². The number of alkyl halides is 1. The van der Waals surface area contributed by atoms with Gasteiger partial charge in [0, 0.05) is 0 Å². The van der Waals surface area contributed by atoms with E-state index >= 15 is 0 Å². The second kappa shape index (κ2) is 6.01. The monoisotopic (exact) mass is 286 g/mol. The van der Waals surface area contributed by atoms with Gasteiger partial charge < -0.3 is 9.84 Å². The second-order valence-corrected chi connectivity index (χ2v) is 4.78. The van der Waals surface area contributed by atoms with Crippen LogP contribution >= 0.6 is 15.9 Å². The molecule has 0 aromatic heterocycles. The zero-order valence-electron chi connectivity index (χ0n) is 9.37. The fraction of sp³-hybridized carbons (Fsp3) is 0.417. The third-order valence-corrected chi connectivity index (χ3v) is 2.57. The first kappa shape index (κ1) is 13.2. The lowest BCUT2D eigenvalue weighted by molar-refractivity contribution is 0.0992. The molecular formula is C12H15BrO3. The summed E-state index contributed by atoms with van der Waals surface area (Å²) in [6.07, 6.45) is 0. The van der Waals surface area contributed by atoms with Crippen LogP contribution in [0.25, 0.3) is 0 Å². The molecule has 1 aromatic rings. The summed E-state index contributed by atoms with van der Waals surface area (Å²) in [4.78, 5) is 11.6. The fourth-order valence-corrected chi connectivity index (χ4v) is 1.61. The Balaban J connectivity index is 3.14. The van der Waals surface area contributed by atoms with Crippen LogP contribution < -0.4 is 4.74 Å². The van der Waals surface area contributed by atoms with E-state index in [0.717, 1.165) is 0 Å². The number of ether oxygens (including phenoxy) is 1. The predicted octanol–water partition coefficient (Wildman–Crippen LogP) is 2.54. The summed E-state index contributed by atoms with van der Waals surface area (Å²) in [6.45, 7) is 4.06. The number of aliphatic hydroxyl groups is 1. The van der Waals surface area contributed by atoms with E-state index in [-0.39, 0.29) is 17.2 Å². The zero-order chi connectivity index (χ0) is 12.1. The number of ketones is 1. The molecular weight excluding hydrogens is 272 g/mol. The maximum absolute atomic E-state index is 11.9. The number of benzene rings is 1. The van der Waals surface area contributed by atoms with Gasteiger partial charge in [0.1, 0.15) is 5.75 Å². The maximum atomic E-state index is 11.9. The number of hydrogen-bond donors (Lipinski definition) is 1. The smallest absolute Gasteiger partial charge is 0.179 e. The highest BCUT2D eigenvalue weighted by molar-refractivity contribution is 9.10. The van der Waals surface area contributed by atoms with Gasteiger partial charge >= 0.3 is 0 Å². The van der Waals surface area contributed by atoms with Gasteiger partial charge in [0.05, 0.1) is 23.6 Å². The van der Waals surface area contributed by atoms with Crippen LogP contribution in [0.1, 0.15) is 29.8 Å². The van der Waals surface area contributed by atoms with Gasteiger partial charge in [-0.1, -0.05) is 22.0 Å². The van der Waals surface area contributed by atoms with Crippen LogP contribution in [0.15, 0.2) is 18.2 Å². The Bertz CT molecular complexity index is 375. The van der Waals surface area contributed by atoms with Crippen LogP contribution in [0, 0.1) is 0 Å². The maximum Gasteiger partial charge on any atom is 0.179 e. The number of carbonyl (C=O) groups excluding carboxylic acids is 1. The first-order valence-electron chi connectivity index (χ1n) is 5.15. The van der Waals surface area contributed by atoms with Gasteiger partial charge in [-0.25, -0.2) is 0 Å². The van der Waals surface area contributed by atoms with E-state index in [1.165, 1.54) is 0 Å². The van der Waals surface area contributed by atoms with Crippen LogP contribution in [0.5, 0.6) is 5.75 Å². The van der Waals surface area contributed by atoms with E-state index in [0.29, 0.717) is 23.5 Å². The minimum absolute atomic E-state index is 0.0428. The van der Waals surface area contributed by atoms with Crippen molar-refractivity contribution in [3.05, 3.63) is 29.3 Å². The Morgan fingerprint density at radius 3 is 2.75 bits per heavy atom. The number of Topliss-reactive ketones (excluding diaryl/α,β-unsaturated/α-hetero) is 1. The number of hydrogen-bond acceptors (Lipinski definition) is 3. The molecule has 3 nitrogen and oxygen atoms in total. The van der Waals surface area contributed by atoms with Gasteiger partial charge in [-0.2, -0.15) is 0 Å². The lowest BCUT2D eigenvalue weighted by atomic mass is 10.0. The van der Waals surface area contributed by atoms with Crippen LogP contribution in [-0.2, 0) is 6.61 Å². The van der Waals surface area contributed by atoms with Gasteiger partial charge in [-0.3, -0.25) is 4.79 Å². The Hall–Kier alpha value is -0.870. The average Bonchev–Trinajstić information content (AvgIpc) is 2.29. The second-order valence-electron chi connectivity index (χ2n) is 3.40. The molecule has 0 fully saturated rings. The molecule has 1 rings (SSSR count). The molecule has 0 aliphatic heterocycles. The minimum Gasteiger partial charge on any atom is -0.493 e. The Kier molecular flexibility index (Phi) is 4.96. The van der Waals surface area contributed by atoms with E-state index in [2.05, 4.69) is 15.9 Å². The molecule has 0 bridgehead atoms. The molecule has 16 heavy (non-hydrogen) atoms. The van der Waals surface area contributed by atoms with Crippen molar-refractivity contribution in [1.82, 2.24) is 0 Å². The Labute approximate surface area is 104 Å². The minimum atomic E-state index is -0.263. The summed E-state index contributed by atoms with van der Waals surface area (Å²) < 4.78 is 5.38. The summed E-state index contributed by atoms with van der Waals surface area (Å²) in [5.74, 6) is 0.523. The van der Waals surface area contributed by atoms with Crippen molar-refractivity contribution >= 4 is 21.7 Å². The molecule has 0 aliphatic rings. The van der Waals surface area contributed by atoms with Crippen molar-refractivity contribution in [3.8, 4) is 5.75 Å². The molecule has 1 aromatic carbocycles. The molecule has 1 unspecified atom stereocenters. The molecule has 1 atom stereocenters. The zero-order valence-corrected chi connectivity index (χ0v) is 11.0. The fourth-order valence-electron chi connectivity index (χ4n) is 1.36. The molecule has 88 valence electrons. The molecule has 0 heterocycles. The first-order valence-corrected chi connectivity index (χ1v) is 6.06. The van der Waals surface area contributed by atoms with Gasteiger partial charge in [-0.15, -0.1) is 0 Å². The summed E-state index contributed by atoms with van der Waals surface area (Å²) in [7, 11) is 0. The summed E-state index contributed by atoms with van der Waals surface area (Å²) >= 11 is 3.24. The van der Waals surface area contributed by atoms with E-state index in [1.807, 2.05) is 6.92 Å². The molecule has 0 saturated heterocycles. The van der Waals surface area contributed by atoms with Crippen molar-refractivity contribution in [3.63, 3.8) is 0 Å². The van der Waals surface area contributed by atoms with Crippen LogP contribution in [-0.4, -0.2) is 22.3 Å². The van der Waals surface area contributed by atoms with E-state index in [9.17, 15) is 4.79 Å². The molecule has 0 amide bonds. The Morgan fingerprint density at radius 2 is 2.25 bits per heavy atom. The summed E-state index contributed by atoms with van der Waals surface area (Å²) in [5.41, 5.74) is 1.22.